The summed E-state index contributed by atoms with van der Waals surface area (Å²) < 4.78 is 22.8. The Hall–Kier alpha value is -1.08. The Bertz CT molecular complexity index is 596. The standard InChI is InChI=1S/C12H16BrNO4S/c1-12(2,19(3,17)18)7-14-10-5-8(11(15)16)4-9(13)6-10/h4-6,14H,7H2,1-3H3,(H,15,16). The molecule has 1 aromatic carbocycles. The molecule has 0 saturated heterocycles. The van der Waals surface area contributed by atoms with Crippen molar-refractivity contribution >= 4 is 37.4 Å². The van der Waals surface area contributed by atoms with Crippen LogP contribution in [0.1, 0.15) is 24.2 Å². The number of carbonyl (C=O) groups is 1. The van der Waals surface area contributed by atoms with Gasteiger partial charge in [0, 0.05) is 23.0 Å². The monoisotopic (exact) mass is 349 g/mol. The first-order valence-corrected chi connectivity index (χ1v) is 8.19. The highest BCUT2D eigenvalue weighted by Gasteiger charge is 2.29. The lowest BCUT2D eigenvalue weighted by molar-refractivity contribution is 0.0697. The second-order valence-corrected chi connectivity index (χ2v) is 8.48. The predicted octanol–water partition coefficient (Wildman–Crippen LogP) is 2.38. The highest BCUT2D eigenvalue weighted by atomic mass is 79.9. The van der Waals surface area contributed by atoms with Crippen LogP contribution in [0.2, 0.25) is 0 Å². The molecule has 0 unspecified atom stereocenters. The Balaban J connectivity index is 2.93. The number of benzene rings is 1. The van der Waals surface area contributed by atoms with Gasteiger partial charge in [-0.1, -0.05) is 15.9 Å². The lowest BCUT2D eigenvalue weighted by Gasteiger charge is -2.23. The van der Waals surface area contributed by atoms with Gasteiger partial charge in [0.05, 0.1) is 10.3 Å². The van der Waals surface area contributed by atoms with Crippen molar-refractivity contribution in [2.45, 2.75) is 18.6 Å². The van der Waals surface area contributed by atoms with Crippen molar-refractivity contribution in [3.63, 3.8) is 0 Å². The number of hydrogen-bond donors (Lipinski definition) is 2. The molecule has 0 amide bonds. The van der Waals surface area contributed by atoms with Gasteiger partial charge >= 0.3 is 5.97 Å². The third-order valence-corrected chi connectivity index (χ3v) is 5.48. The van der Waals surface area contributed by atoms with Crippen molar-refractivity contribution in [2.75, 3.05) is 18.1 Å². The summed E-state index contributed by atoms with van der Waals surface area (Å²) in [7, 11) is -3.20. The number of carboxylic acid groups (broad SMARTS) is 1. The smallest absolute Gasteiger partial charge is 0.335 e. The van der Waals surface area contributed by atoms with E-state index in [0.29, 0.717) is 10.2 Å². The van der Waals surface area contributed by atoms with E-state index in [2.05, 4.69) is 21.2 Å². The molecule has 5 nitrogen and oxygen atoms in total. The van der Waals surface area contributed by atoms with E-state index in [1.54, 1.807) is 19.9 Å². The van der Waals surface area contributed by atoms with Gasteiger partial charge in [0.2, 0.25) is 0 Å². The van der Waals surface area contributed by atoms with Crippen molar-refractivity contribution in [1.29, 1.82) is 0 Å². The molecule has 1 rings (SSSR count). The summed E-state index contributed by atoms with van der Waals surface area (Å²) >= 11 is 3.22. The third-order valence-electron chi connectivity index (χ3n) is 2.87. The molecule has 0 radical (unpaired) electrons. The van der Waals surface area contributed by atoms with Crippen LogP contribution in [0.5, 0.6) is 0 Å². The number of rotatable bonds is 5. The van der Waals surface area contributed by atoms with E-state index in [9.17, 15) is 13.2 Å². The van der Waals surface area contributed by atoms with Crippen molar-refractivity contribution in [3.8, 4) is 0 Å². The van der Waals surface area contributed by atoms with Crippen LogP contribution in [-0.2, 0) is 9.84 Å². The summed E-state index contributed by atoms with van der Waals surface area (Å²) in [5.41, 5.74) is 0.692. The zero-order valence-corrected chi connectivity index (χ0v) is 13.3. The van der Waals surface area contributed by atoms with Crippen LogP contribution in [0, 0.1) is 0 Å². The number of sulfone groups is 1. The first-order valence-electron chi connectivity index (χ1n) is 5.50. The van der Waals surface area contributed by atoms with Gasteiger partial charge in [-0.05, 0) is 32.0 Å². The Morgan fingerprint density at radius 1 is 1.37 bits per heavy atom. The van der Waals surface area contributed by atoms with E-state index >= 15 is 0 Å². The Morgan fingerprint density at radius 3 is 2.42 bits per heavy atom. The van der Waals surface area contributed by atoms with Crippen LogP contribution in [0.4, 0.5) is 5.69 Å². The fourth-order valence-corrected chi connectivity index (χ4v) is 2.09. The summed E-state index contributed by atoms with van der Waals surface area (Å²) in [5, 5.41) is 11.9. The molecular weight excluding hydrogens is 334 g/mol. The highest BCUT2D eigenvalue weighted by molar-refractivity contribution is 9.10. The van der Waals surface area contributed by atoms with E-state index in [-0.39, 0.29) is 12.1 Å². The second kappa shape index (κ2) is 5.50. The zero-order valence-electron chi connectivity index (χ0n) is 10.9. The van der Waals surface area contributed by atoms with Crippen molar-refractivity contribution in [2.24, 2.45) is 0 Å². The minimum Gasteiger partial charge on any atom is -0.478 e. The van der Waals surface area contributed by atoms with Gasteiger partial charge in [-0.15, -0.1) is 0 Å². The summed E-state index contributed by atoms with van der Waals surface area (Å²) in [6.45, 7) is 3.43. The fourth-order valence-electron chi connectivity index (χ4n) is 1.26. The minimum absolute atomic E-state index is 0.133. The lowest BCUT2D eigenvalue weighted by atomic mass is 10.1. The van der Waals surface area contributed by atoms with Crippen molar-refractivity contribution in [3.05, 3.63) is 28.2 Å². The maximum absolute atomic E-state index is 11.6. The fraction of sp³-hybridized carbons (Fsp3) is 0.417. The predicted molar refractivity (Wildman–Crippen MR) is 78.5 cm³/mol. The van der Waals surface area contributed by atoms with Gasteiger partial charge in [-0.3, -0.25) is 0 Å². The zero-order chi connectivity index (χ0) is 14.8. The average Bonchev–Trinajstić information content (AvgIpc) is 2.24. The van der Waals surface area contributed by atoms with Crippen LogP contribution in [0.25, 0.3) is 0 Å². The van der Waals surface area contributed by atoms with Crippen molar-refractivity contribution < 1.29 is 18.3 Å². The van der Waals surface area contributed by atoms with Crippen molar-refractivity contribution in [1.82, 2.24) is 0 Å². The van der Waals surface area contributed by atoms with Crippen LogP contribution >= 0.6 is 15.9 Å². The molecule has 1 aromatic rings. The molecule has 0 bridgehead atoms. The Morgan fingerprint density at radius 2 is 1.95 bits per heavy atom. The number of hydrogen-bond acceptors (Lipinski definition) is 4. The molecule has 0 aliphatic carbocycles. The molecule has 19 heavy (non-hydrogen) atoms. The van der Waals surface area contributed by atoms with Gasteiger partial charge < -0.3 is 10.4 Å². The molecule has 2 N–H and O–H groups in total. The molecule has 0 fully saturated rings. The summed E-state index contributed by atoms with van der Waals surface area (Å²) in [6, 6.07) is 4.64. The molecule has 0 saturated carbocycles. The van der Waals surface area contributed by atoms with E-state index in [1.807, 2.05) is 0 Å². The molecule has 106 valence electrons. The quantitative estimate of drug-likeness (QED) is 0.852. The normalized spacial score (nSPS) is 12.2. The average molecular weight is 350 g/mol. The van der Waals surface area contributed by atoms with Crippen LogP contribution in [0.3, 0.4) is 0 Å². The molecule has 0 aliphatic rings. The van der Waals surface area contributed by atoms with E-state index in [1.165, 1.54) is 18.4 Å². The summed E-state index contributed by atoms with van der Waals surface area (Å²) in [4.78, 5) is 10.9. The number of anilines is 1. The first-order chi connectivity index (χ1) is 8.53. The molecule has 0 atom stereocenters. The number of nitrogens with one attached hydrogen (secondary N) is 1. The first kappa shape index (κ1) is 16.0. The van der Waals surface area contributed by atoms with E-state index < -0.39 is 20.6 Å². The summed E-state index contributed by atoms with van der Waals surface area (Å²) in [6.07, 6.45) is 1.18. The topological polar surface area (TPSA) is 83.5 Å². The number of aromatic carboxylic acids is 1. The SMILES string of the molecule is CC(C)(CNc1cc(Br)cc(C(=O)O)c1)S(C)(=O)=O. The molecular formula is C12H16BrNO4S. The van der Waals surface area contributed by atoms with Crippen LogP contribution < -0.4 is 5.32 Å². The second-order valence-electron chi connectivity index (χ2n) is 4.92. The van der Waals surface area contributed by atoms with Gasteiger partial charge in [0.15, 0.2) is 9.84 Å². The van der Waals surface area contributed by atoms with E-state index in [4.69, 9.17) is 5.11 Å². The molecule has 0 aromatic heterocycles. The Labute approximate surface area is 121 Å². The maximum atomic E-state index is 11.6. The molecule has 0 spiro atoms. The summed E-state index contributed by atoms with van der Waals surface area (Å²) in [5.74, 6) is -1.04. The molecule has 7 heteroatoms. The lowest BCUT2D eigenvalue weighted by Crippen LogP contribution is -2.38. The van der Waals surface area contributed by atoms with Crippen LogP contribution in [0.15, 0.2) is 22.7 Å². The van der Waals surface area contributed by atoms with E-state index in [0.717, 1.165) is 0 Å². The van der Waals surface area contributed by atoms with Gasteiger partial charge in [-0.2, -0.15) is 0 Å². The van der Waals surface area contributed by atoms with Gasteiger partial charge in [0.25, 0.3) is 0 Å². The van der Waals surface area contributed by atoms with Gasteiger partial charge in [-0.25, -0.2) is 13.2 Å². The largest absolute Gasteiger partial charge is 0.478 e. The maximum Gasteiger partial charge on any atom is 0.335 e. The number of carboxylic acids is 1. The molecule has 0 heterocycles. The Kier molecular flexibility index (Phi) is 4.63. The third kappa shape index (κ3) is 4.21. The number of halogens is 1. The minimum atomic E-state index is -3.20. The highest BCUT2D eigenvalue weighted by Crippen LogP contribution is 2.22. The van der Waals surface area contributed by atoms with Gasteiger partial charge in [0.1, 0.15) is 0 Å². The molecule has 0 aliphatic heterocycles. The van der Waals surface area contributed by atoms with Crippen LogP contribution in [-0.4, -0.2) is 37.0 Å².